The van der Waals surface area contributed by atoms with Gasteiger partial charge in [0.2, 0.25) is 0 Å². The lowest BCUT2D eigenvalue weighted by molar-refractivity contribution is 0.637. The number of nitrogens with one attached hydrogen (secondary N) is 1. The van der Waals surface area contributed by atoms with Crippen molar-refractivity contribution in [3.8, 4) is 0 Å². The minimum atomic E-state index is 0.581. The van der Waals surface area contributed by atoms with E-state index in [1.807, 2.05) is 18.2 Å². The fourth-order valence-corrected chi connectivity index (χ4v) is 3.19. The SMILES string of the molecule is CCCNCCCc1nnc(Cc2ccc(Cl)c(Cl)c2)s1. The molecule has 21 heavy (non-hydrogen) atoms. The van der Waals surface area contributed by atoms with E-state index >= 15 is 0 Å². The summed E-state index contributed by atoms with van der Waals surface area (Å²) in [6.07, 6.45) is 4.01. The minimum Gasteiger partial charge on any atom is -0.317 e. The van der Waals surface area contributed by atoms with E-state index in [4.69, 9.17) is 23.2 Å². The average molecular weight is 344 g/mol. The van der Waals surface area contributed by atoms with Crippen molar-refractivity contribution in [2.24, 2.45) is 0 Å². The van der Waals surface area contributed by atoms with Crippen LogP contribution in [0.5, 0.6) is 0 Å². The van der Waals surface area contributed by atoms with Crippen LogP contribution in [0.4, 0.5) is 0 Å². The van der Waals surface area contributed by atoms with Gasteiger partial charge in [-0.2, -0.15) is 0 Å². The summed E-state index contributed by atoms with van der Waals surface area (Å²) in [4.78, 5) is 0. The molecule has 2 aromatic rings. The second kappa shape index (κ2) is 8.69. The van der Waals surface area contributed by atoms with Crippen LogP contribution in [0.25, 0.3) is 0 Å². The topological polar surface area (TPSA) is 37.8 Å². The van der Waals surface area contributed by atoms with Crippen LogP contribution in [0.1, 0.15) is 35.3 Å². The number of halogens is 2. The summed E-state index contributed by atoms with van der Waals surface area (Å²) in [6, 6.07) is 5.68. The molecule has 0 saturated heterocycles. The molecule has 0 saturated carbocycles. The first-order valence-electron chi connectivity index (χ1n) is 7.15. The molecule has 0 amide bonds. The molecule has 114 valence electrons. The zero-order valence-electron chi connectivity index (χ0n) is 12.0. The normalized spacial score (nSPS) is 11.0. The van der Waals surface area contributed by atoms with Gasteiger partial charge in [0.05, 0.1) is 10.0 Å². The van der Waals surface area contributed by atoms with Crippen molar-refractivity contribution in [2.45, 2.75) is 32.6 Å². The van der Waals surface area contributed by atoms with Crippen LogP contribution < -0.4 is 5.32 Å². The maximum Gasteiger partial charge on any atom is 0.121 e. The number of benzene rings is 1. The fraction of sp³-hybridized carbons (Fsp3) is 0.467. The van der Waals surface area contributed by atoms with Crippen molar-refractivity contribution in [3.63, 3.8) is 0 Å². The van der Waals surface area contributed by atoms with Gasteiger partial charge in [0.25, 0.3) is 0 Å². The predicted molar refractivity (Wildman–Crippen MR) is 90.7 cm³/mol. The first kappa shape index (κ1) is 16.7. The molecule has 0 aliphatic heterocycles. The Morgan fingerprint density at radius 2 is 1.90 bits per heavy atom. The Morgan fingerprint density at radius 3 is 2.67 bits per heavy atom. The molecule has 0 unspecified atom stereocenters. The van der Waals surface area contributed by atoms with Gasteiger partial charge >= 0.3 is 0 Å². The summed E-state index contributed by atoms with van der Waals surface area (Å²) in [5.41, 5.74) is 1.11. The minimum absolute atomic E-state index is 0.581. The lowest BCUT2D eigenvalue weighted by Gasteiger charge is -2.00. The van der Waals surface area contributed by atoms with Gasteiger partial charge in [-0.25, -0.2) is 0 Å². The van der Waals surface area contributed by atoms with E-state index in [0.29, 0.717) is 10.0 Å². The molecule has 3 nitrogen and oxygen atoms in total. The Kier molecular flexibility index (Phi) is 6.90. The number of aromatic nitrogens is 2. The lowest BCUT2D eigenvalue weighted by Crippen LogP contribution is -2.16. The number of rotatable bonds is 8. The van der Waals surface area contributed by atoms with Gasteiger partial charge in [-0.3, -0.25) is 0 Å². The summed E-state index contributed by atoms with van der Waals surface area (Å²) in [7, 11) is 0. The van der Waals surface area contributed by atoms with E-state index in [9.17, 15) is 0 Å². The monoisotopic (exact) mass is 343 g/mol. The van der Waals surface area contributed by atoms with Gasteiger partial charge in [-0.1, -0.05) is 36.2 Å². The molecule has 0 spiro atoms. The molecule has 1 aromatic heterocycles. The van der Waals surface area contributed by atoms with E-state index in [1.165, 1.54) is 6.42 Å². The Labute approximate surface area is 139 Å². The second-order valence-corrected chi connectivity index (χ2v) is 6.83. The Bertz CT molecular complexity index is 572. The zero-order valence-corrected chi connectivity index (χ0v) is 14.4. The van der Waals surface area contributed by atoms with Crippen molar-refractivity contribution in [3.05, 3.63) is 43.8 Å². The smallest absolute Gasteiger partial charge is 0.121 e. The third-order valence-electron chi connectivity index (χ3n) is 3.02. The molecule has 0 aliphatic carbocycles. The van der Waals surface area contributed by atoms with Crippen molar-refractivity contribution in [1.82, 2.24) is 15.5 Å². The largest absolute Gasteiger partial charge is 0.317 e. The van der Waals surface area contributed by atoms with Gasteiger partial charge in [0.15, 0.2) is 0 Å². The third-order valence-corrected chi connectivity index (χ3v) is 4.74. The quantitative estimate of drug-likeness (QED) is 0.723. The molecule has 1 N–H and O–H groups in total. The van der Waals surface area contributed by atoms with Crippen molar-refractivity contribution >= 4 is 34.5 Å². The molecule has 1 aromatic carbocycles. The first-order chi connectivity index (χ1) is 10.2. The summed E-state index contributed by atoms with van der Waals surface area (Å²) in [6.45, 7) is 4.29. The molecule has 6 heteroatoms. The van der Waals surface area contributed by atoms with Crippen LogP contribution in [0.3, 0.4) is 0 Å². The Hall–Kier alpha value is -0.680. The molecule has 0 fully saturated rings. The predicted octanol–water partition coefficient (Wildman–Crippen LogP) is 4.37. The number of aryl methyl sites for hydroxylation is 1. The average Bonchev–Trinajstić information content (AvgIpc) is 2.90. The highest BCUT2D eigenvalue weighted by molar-refractivity contribution is 7.11. The van der Waals surface area contributed by atoms with Gasteiger partial charge in [0, 0.05) is 12.8 Å². The van der Waals surface area contributed by atoms with Crippen LogP contribution in [0, 0.1) is 0 Å². The summed E-state index contributed by atoms with van der Waals surface area (Å²) in [5, 5.41) is 15.2. The maximum atomic E-state index is 6.02. The van der Waals surface area contributed by atoms with Crippen LogP contribution in [0.15, 0.2) is 18.2 Å². The molecular weight excluding hydrogens is 325 g/mol. The highest BCUT2D eigenvalue weighted by atomic mass is 35.5. The van der Waals surface area contributed by atoms with E-state index in [-0.39, 0.29) is 0 Å². The number of nitrogens with zero attached hydrogens (tertiary/aromatic N) is 2. The van der Waals surface area contributed by atoms with E-state index in [1.54, 1.807) is 11.3 Å². The van der Waals surface area contributed by atoms with Crippen LogP contribution in [0.2, 0.25) is 10.0 Å². The molecule has 2 rings (SSSR count). The number of hydrogen-bond acceptors (Lipinski definition) is 4. The van der Waals surface area contributed by atoms with Crippen LogP contribution in [-0.4, -0.2) is 23.3 Å². The lowest BCUT2D eigenvalue weighted by atomic mass is 10.2. The summed E-state index contributed by atoms with van der Waals surface area (Å²) >= 11 is 13.6. The van der Waals surface area contributed by atoms with Crippen molar-refractivity contribution < 1.29 is 0 Å². The van der Waals surface area contributed by atoms with E-state index in [0.717, 1.165) is 47.9 Å². The number of hydrogen-bond donors (Lipinski definition) is 1. The fourth-order valence-electron chi connectivity index (χ4n) is 1.95. The molecule has 1 heterocycles. The van der Waals surface area contributed by atoms with E-state index < -0.39 is 0 Å². The maximum absolute atomic E-state index is 6.02. The van der Waals surface area contributed by atoms with Crippen LogP contribution in [-0.2, 0) is 12.8 Å². The zero-order chi connectivity index (χ0) is 15.1. The highest BCUT2D eigenvalue weighted by Gasteiger charge is 2.06. The van der Waals surface area contributed by atoms with Gasteiger partial charge in [0.1, 0.15) is 10.0 Å². The summed E-state index contributed by atoms with van der Waals surface area (Å²) in [5.74, 6) is 0. The molecule has 0 radical (unpaired) electrons. The molecule has 0 atom stereocenters. The highest BCUT2D eigenvalue weighted by Crippen LogP contribution is 2.24. The molecular formula is C15H19Cl2N3S. The van der Waals surface area contributed by atoms with Crippen molar-refractivity contribution in [2.75, 3.05) is 13.1 Å². The summed E-state index contributed by atoms with van der Waals surface area (Å²) < 4.78 is 0. The second-order valence-electron chi connectivity index (χ2n) is 4.87. The third kappa shape index (κ3) is 5.55. The molecule has 0 aliphatic rings. The Morgan fingerprint density at radius 1 is 1.10 bits per heavy atom. The van der Waals surface area contributed by atoms with Crippen molar-refractivity contribution in [1.29, 1.82) is 0 Å². The first-order valence-corrected chi connectivity index (χ1v) is 8.72. The van der Waals surface area contributed by atoms with Gasteiger partial charge < -0.3 is 5.32 Å². The Balaban J connectivity index is 1.83. The van der Waals surface area contributed by atoms with Crippen LogP contribution >= 0.6 is 34.5 Å². The van der Waals surface area contributed by atoms with Gasteiger partial charge in [-0.05, 0) is 43.6 Å². The van der Waals surface area contributed by atoms with E-state index in [2.05, 4.69) is 22.4 Å². The molecule has 0 bridgehead atoms. The van der Waals surface area contributed by atoms with Gasteiger partial charge in [-0.15, -0.1) is 21.5 Å². The standard InChI is InChI=1S/C15H19Cl2N3S/c1-2-7-18-8-3-4-14-19-20-15(21-14)10-11-5-6-12(16)13(17)9-11/h5-6,9,18H,2-4,7-8,10H2,1H3.